The van der Waals surface area contributed by atoms with Crippen molar-refractivity contribution >= 4 is 34.2 Å². The molecule has 3 rings (SSSR count). The molecule has 1 saturated heterocycles. The van der Waals surface area contributed by atoms with Crippen LogP contribution in [0.3, 0.4) is 0 Å². The van der Waals surface area contributed by atoms with Gasteiger partial charge in [-0.3, -0.25) is 4.79 Å². The Hall–Kier alpha value is -2.39. The second-order valence-electron chi connectivity index (χ2n) is 5.39. The first kappa shape index (κ1) is 15.5. The van der Waals surface area contributed by atoms with Crippen LogP contribution in [0.15, 0.2) is 24.5 Å². The van der Waals surface area contributed by atoms with E-state index in [-0.39, 0.29) is 5.91 Å². The van der Waals surface area contributed by atoms with Crippen molar-refractivity contribution in [3.63, 3.8) is 0 Å². The van der Waals surface area contributed by atoms with Crippen LogP contribution in [0.25, 0.3) is 10.9 Å². The average molecular weight is 330 g/mol. The number of hydrogen-bond acceptors (Lipinski definition) is 5. The molecule has 1 aliphatic heterocycles. The molecule has 0 radical (unpaired) electrons. The van der Waals surface area contributed by atoms with Crippen LogP contribution in [0.1, 0.15) is 13.3 Å². The maximum Gasteiger partial charge on any atom is 0.223 e. The van der Waals surface area contributed by atoms with Crippen LogP contribution < -0.4 is 4.90 Å². The predicted molar refractivity (Wildman–Crippen MR) is 88.2 cm³/mol. The van der Waals surface area contributed by atoms with Gasteiger partial charge in [-0.2, -0.15) is 5.26 Å². The minimum absolute atomic E-state index is 0.00975. The highest BCUT2D eigenvalue weighted by molar-refractivity contribution is 6.31. The Morgan fingerprint density at radius 2 is 2.26 bits per heavy atom. The molecule has 1 aromatic carbocycles. The fraction of sp³-hybridized carbons (Fsp3) is 0.375. The molecular weight excluding hydrogens is 314 g/mol. The predicted octanol–water partition coefficient (Wildman–Crippen LogP) is 2.23. The average Bonchev–Trinajstić information content (AvgIpc) is 2.59. The molecular formula is C16H16ClN5O. The quantitative estimate of drug-likeness (QED) is 0.844. The van der Waals surface area contributed by atoms with E-state index >= 15 is 0 Å². The Bertz CT molecular complexity index is 788. The maximum absolute atomic E-state index is 11.9. The van der Waals surface area contributed by atoms with Gasteiger partial charge in [0.2, 0.25) is 5.91 Å². The third-order valence-corrected chi connectivity index (χ3v) is 4.26. The maximum atomic E-state index is 11.9. The van der Waals surface area contributed by atoms with E-state index in [1.165, 1.54) is 6.33 Å². The summed E-state index contributed by atoms with van der Waals surface area (Å²) in [7, 11) is 0. The molecule has 1 aromatic heterocycles. The summed E-state index contributed by atoms with van der Waals surface area (Å²) in [4.78, 5) is 24.2. The number of halogens is 1. The largest absolute Gasteiger partial charge is 0.351 e. The SMILES string of the molecule is CCC(=O)N1CCN(c2ncnc3cc(Cl)ccc23)CC1C#N. The standard InChI is InChI=1S/C16H16ClN5O/c1-2-15(23)22-6-5-21(9-12(22)8-18)16-13-4-3-11(17)7-14(13)19-10-20-16/h3-4,7,10,12H,2,5-6,9H2,1H3. The molecule has 7 heteroatoms. The highest BCUT2D eigenvalue weighted by atomic mass is 35.5. The lowest BCUT2D eigenvalue weighted by Crippen LogP contribution is -2.54. The Morgan fingerprint density at radius 3 is 3.00 bits per heavy atom. The van der Waals surface area contributed by atoms with Gasteiger partial charge in [0, 0.05) is 29.9 Å². The lowest BCUT2D eigenvalue weighted by atomic mass is 10.1. The summed E-state index contributed by atoms with van der Waals surface area (Å²) < 4.78 is 0. The Balaban J connectivity index is 1.92. The van der Waals surface area contributed by atoms with Gasteiger partial charge in [0.1, 0.15) is 18.2 Å². The molecule has 0 aliphatic carbocycles. The molecule has 2 aromatic rings. The van der Waals surface area contributed by atoms with Crippen molar-refractivity contribution in [3.05, 3.63) is 29.5 Å². The molecule has 2 heterocycles. The van der Waals surface area contributed by atoms with E-state index in [1.807, 2.05) is 17.9 Å². The first-order valence-electron chi connectivity index (χ1n) is 7.48. The van der Waals surface area contributed by atoms with E-state index in [2.05, 4.69) is 16.0 Å². The third kappa shape index (κ3) is 2.92. The number of rotatable bonds is 2. The molecule has 118 valence electrons. The number of carbonyl (C=O) groups is 1. The molecule has 1 unspecified atom stereocenters. The molecule has 6 nitrogen and oxygen atoms in total. The molecule has 1 aliphatic rings. The number of carbonyl (C=O) groups excluding carboxylic acids is 1. The van der Waals surface area contributed by atoms with Crippen LogP contribution in [0.2, 0.25) is 5.02 Å². The summed E-state index contributed by atoms with van der Waals surface area (Å²) in [5.74, 6) is 0.783. The summed E-state index contributed by atoms with van der Waals surface area (Å²) in [5.41, 5.74) is 0.767. The van der Waals surface area contributed by atoms with E-state index in [0.717, 1.165) is 16.7 Å². The van der Waals surface area contributed by atoms with Crippen molar-refractivity contribution in [2.75, 3.05) is 24.5 Å². The van der Waals surface area contributed by atoms with Crippen molar-refractivity contribution in [1.82, 2.24) is 14.9 Å². The zero-order chi connectivity index (χ0) is 16.4. The van der Waals surface area contributed by atoms with Crippen molar-refractivity contribution in [1.29, 1.82) is 5.26 Å². The smallest absolute Gasteiger partial charge is 0.223 e. The number of anilines is 1. The molecule has 0 saturated carbocycles. The third-order valence-electron chi connectivity index (χ3n) is 4.03. The lowest BCUT2D eigenvalue weighted by molar-refractivity contribution is -0.132. The summed E-state index contributed by atoms with van der Waals surface area (Å²) in [6.07, 6.45) is 1.91. The van der Waals surface area contributed by atoms with Gasteiger partial charge in [-0.05, 0) is 18.2 Å². The second kappa shape index (κ2) is 6.39. The van der Waals surface area contributed by atoms with Gasteiger partial charge in [-0.25, -0.2) is 9.97 Å². The van der Waals surface area contributed by atoms with Gasteiger partial charge in [0.25, 0.3) is 0 Å². The number of aromatic nitrogens is 2. The van der Waals surface area contributed by atoms with Gasteiger partial charge in [-0.1, -0.05) is 18.5 Å². The van der Waals surface area contributed by atoms with Crippen molar-refractivity contribution in [3.8, 4) is 6.07 Å². The number of amides is 1. The molecule has 0 N–H and O–H groups in total. The number of nitrogens with zero attached hydrogens (tertiary/aromatic N) is 5. The highest BCUT2D eigenvalue weighted by Crippen LogP contribution is 2.27. The summed E-state index contributed by atoms with van der Waals surface area (Å²) in [6.45, 7) is 3.41. The van der Waals surface area contributed by atoms with Crippen LogP contribution in [-0.4, -0.2) is 46.5 Å². The molecule has 0 bridgehead atoms. The Morgan fingerprint density at radius 1 is 1.43 bits per heavy atom. The minimum Gasteiger partial charge on any atom is -0.351 e. The van der Waals surface area contributed by atoms with Gasteiger partial charge in [-0.15, -0.1) is 0 Å². The molecule has 1 amide bonds. The van der Waals surface area contributed by atoms with Gasteiger partial charge < -0.3 is 9.80 Å². The fourth-order valence-electron chi connectivity index (χ4n) is 2.86. The zero-order valence-electron chi connectivity index (χ0n) is 12.7. The Kier molecular flexibility index (Phi) is 4.30. The second-order valence-corrected chi connectivity index (χ2v) is 5.83. The van der Waals surface area contributed by atoms with Crippen LogP contribution in [0.4, 0.5) is 5.82 Å². The molecule has 1 fully saturated rings. The number of piperazine rings is 1. The van der Waals surface area contributed by atoms with E-state index in [9.17, 15) is 10.1 Å². The van der Waals surface area contributed by atoms with Gasteiger partial charge >= 0.3 is 0 Å². The molecule has 23 heavy (non-hydrogen) atoms. The number of benzene rings is 1. The van der Waals surface area contributed by atoms with Gasteiger partial charge in [0.05, 0.1) is 18.1 Å². The van der Waals surface area contributed by atoms with Gasteiger partial charge in [0.15, 0.2) is 0 Å². The first-order chi connectivity index (χ1) is 11.1. The number of fused-ring (bicyclic) bond motifs is 1. The highest BCUT2D eigenvalue weighted by Gasteiger charge is 2.30. The fourth-order valence-corrected chi connectivity index (χ4v) is 3.02. The van der Waals surface area contributed by atoms with Crippen LogP contribution in [0, 0.1) is 11.3 Å². The number of hydrogen-bond donors (Lipinski definition) is 0. The van der Waals surface area contributed by atoms with Crippen molar-refractivity contribution in [2.24, 2.45) is 0 Å². The van der Waals surface area contributed by atoms with Crippen LogP contribution in [-0.2, 0) is 4.79 Å². The summed E-state index contributed by atoms with van der Waals surface area (Å²) in [5, 5.41) is 10.9. The van der Waals surface area contributed by atoms with E-state index < -0.39 is 6.04 Å². The van der Waals surface area contributed by atoms with E-state index in [4.69, 9.17) is 11.6 Å². The first-order valence-corrected chi connectivity index (χ1v) is 7.86. The topological polar surface area (TPSA) is 73.1 Å². The summed E-state index contributed by atoms with van der Waals surface area (Å²) >= 11 is 6.01. The minimum atomic E-state index is -0.464. The van der Waals surface area contributed by atoms with Crippen LogP contribution >= 0.6 is 11.6 Å². The normalized spacial score (nSPS) is 18.0. The number of nitriles is 1. The molecule has 0 spiro atoms. The van der Waals surface area contributed by atoms with Crippen LogP contribution in [0.5, 0.6) is 0 Å². The van der Waals surface area contributed by atoms with Crippen molar-refractivity contribution < 1.29 is 4.79 Å². The molecule has 1 atom stereocenters. The van der Waals surface area contributed by atoms with E-state index in [1.54, 1.807) is 17.0 Å². The Labute approximate surface area is 139 Å². The summed E-state index contributed by atoms with van der Waals surface area (Å²) in [6, 6.07) is 7.24. The van der Waals surface area contributed by atoms with Crippen molar-refractivity contribution in [2.45, 2.75) is 19.4 Å². The monoisotopic (exact) mass is 329 g/mol. The lowest BCUT2D eigenvalue weighted by Gasteiger charge is -2.39. The zero-order valence-corrected chi connectivity index (χ0v) is 13.5. The van der Waals surface area contributed by atoms with E-state index in [0.29, 0.717) is 31.1 Å².